The Balaban J connectivity index is 1.86. The SMILES string of the molecule is Cc1nc(C)c(C#N)c(S[C@H]2CCCN(c3ccn(C)n3)C2=O)n1. The number of carbonyl (C=O) groups excluding carboxylic acids is 1. The Morgan fingerprint density at radius 3 is 2.83 bits per heavy atom. The van der Waals surface area contributed by atoms with Gasteiger partial charge in [0.15, 0.2) is 5.82 Å². The quantitative estimate of drug-likeness (QED) is 0.793. The Kier molecular flexibility index (Phi) is 4.53. The lowest BCUT2D eigenvalue weighted by Gasteiger charge is -2.30. The van der Waals surface area contributed by atoms with Crippen molar-refractivity contribution >= 4 is 23.5 Å². The molecule has 3 rings (SSSR count). The van der Waals surface area contributed by atoms with E-state index in [0.29, 0.717) is 34.5 Å². The first-order valence-electron chi connectivity index (χ1n) is 7.72. The minimum absolute atomic E-state index is 0.0164. The highest BCUT2D eigenvalue weighted by molar-refractivity contribution is 8.00. The first-order valence-corrected chi connectivity index (χ1v) is 8.60. The number of nitrogens with zero attached hydrogens (tertiary/aromatic N) is 6. The largest absolute Gasteiger partial charge is 0.294 e. The zero-order chi connectivity index (χ0) is 17.3. The van der Waals surface area contributed by atoms with Gasteiger partial charge in [0.25, 0.3) is 0 Å². The van der Waals surface area contributed by atoms with Crippen molar-refractivity contribution in [2.24, 2.45) is 7.05 Å². The summed E-state index contributed by atoms with van der Waals surface area (Å²) in [4.78, 5) is 23.2. The Bertz CT molecular complexity index is 824. The van der Waals surface area contributed by atoms with Crippen molar-refractivity contribution in [3.63, 3.8) is 0 Å². The van der Waals surface area contributed by atoms with E-state index >= 15 is 0 Å². The molecule has 3 heterocycles. The zero-order valence-corrected chi connectivity index (χ0v) is 14.7. The van der Waals surface area contributed by atoms with E-state index < -0.39 is 0 Å². The second-order valence-electron chi connectivity index (χ2n) is 5.73. The van der Waals surface area contributed by atoms with E-state index in [2.05, 4.69) is 21.1 Å². The minimum Gasteiger partial charge on any atom is -0.294 e. The van der Waals surface area contributed by atoms with E-state index in [0.717, 1.165) is 12.8 Å². The van der Waals surface area contributed by atoms with Crippen LogP contribution in [0.3, 0.4) is 0 Å². The van der Waals surface area contributed by atoms with Crippen LogP contribution < -0.4 is 4.90 Å². The van der Waals surface area contributed by atoms with Crippen molar-refractivity contribution in [2.75, 3.05) is 11.4 Å². The number of anilines is 1. The lowest BCUT2D eigenvalue weighted by atomic mass is 10.1. The predicted octanol–water partition coefficient (Wildman–Crippen LogP) is 1.99. The van der Waals surface area contributed by atoms with Gasteiger partial charge in [0.05, 0.1) is 10.9 Å². The number of nitriles is 1. The molecule has 0 aliphatic carbocycles. The zero-order valence-electron chi connectivity index (χ0n) is 13.9. The van der Waals surface area contributed by atoms with Crippen molar-refractivity contribution in [2.45, 2.75) is 37.0 Å². The third-order valence-corrected chi connectivity index (χ3v) is 5.14. The molecule has 0 aromatic carbocycles. The highest BCUT2D eigenvalue weighted by Gasteiger charge is 2.32. The van der Waals surface area contributed by atoms with E-state index in [1.165, 1.54) is 11.8 Å². The van der Waals surface area contributed by atoms with Crippen LogP contribution in [0.1, 0.15) is 29.9 Å². The number of aromatic nitrogens is 4. The van der Waals surface area contributed by atoms with Crippen molar-refractivity contribution < 1.29 is 4.79 Å². The van der Waals surface area contributed by atoms with Crippen molar-refractivity contribution in [1.29, 1.82) is 5.26 Å². The molecule has 0 radical (unpaired) electrons. The highest BCUT2D eigenvalue weighted by Crippen LogP contribution is 2.33. The standard InChI is InChI=1S/C16H18N6OS/c1-10-12(9-17)15(19-11(2)18-10)24-13-5-4-7-22(16(13)23)14-6-8-21(3)20-14/h6,8,13H,4-5,7H2,1-3H3/t13-/m0/s1. The molecular formula is C16H18N6OS. The summed E-state index contributed by atoms with van der Waals surface area (Å²) in [5.41, 5.74) is 1.10. The van der Waals surface area contributed by atoms with Crippen LogP contribution in [0.25, 0.3) is 0 Å². The Hall–Kier alpha value is -2.40. The van der Waals surface area contributed by atoms with Crippen LogP contribution in [0.2, 0.25) is 0 Å². The van der Waals surface area contributed by atoms with E-state index in [4.69, 9.17) is 0 Å². The van der Waals surface area contributed by atoms with Crippen LogP contribution in [0.4, 0.5) is 5.82 Å². The third kappa shape index (κ3) is 3.12. The number of rotatable bonds is 3. The van der Waals surface area contributed by atoms with Crippen LogP contribution in [0.5, 0.6) is 0 Å². The summed E-state index contributed by atoms with van der Waals surface area (Å²) in [6.45, 7) is 4.25. The van der Waals surface area contributed by atoms with Gasteiger partial charge in [0.2, 0.25) is 5.91 Å². The summed E-state index contributed by atoms with van der Waals surface area (Å²) in [6, 6.07) is 3.99. The van der Waals surface area contributed by atoms with Crippen LogP contribution in [0, 0.1) is 25.2 Å². The summed E-state index contributed by atoms with van der Waals surface area (Å²) in [6.07, 6.45) is 3.48. The number of thioether (sulfide) groups is 1. The predicted molar refractivity (Wildman–Crippen MR) is 90.7 cm³/mol. The molecule has 24 heavy (non-hydrogen) atoms. The van der Waals surface area contributed by atoms with Crippen molar-refractivity contribution in [1.82, 2.24) is 19.7 Å². The van der Waals surface area contributed by atoms with Gasteiger partial charge in [0, 0.05) is 25.9 Å². The number of amides is 1. The molecule has 0 N–H and O–H groups in total. The van der Waals surface area contributed by atoms with Gasteiger partial charge in [-0.2, -0.15) is 10.4 Å². The molecule has 1 amide bonds. The topological polar surface area (TPSA) is 87.7 Å². The molecule has 1 atom stereocenters. The molecule has 0 spiro atoms. The van der Waals surface area contributed by atoms with Crippen molar-refractivity contribution in [3.8, 4) is 6.07 Å². The summed E-state index contributed by atoms with van der Waals surface area (Å²) in [5.74, 6) is 1.30. The maximum absolute atomic E-state index is 12.8. The van der Waals surface area contributed by atoms with Crippen LogP contribution >= 0.6 is 11.8 Å². The summed E-state index contributed by atoms with van der Waals surface area (Å²) >= 11 is 1.36. The Labute approximate surface area is 144 Å². The average molecular weight is 342 g/mol. The third-order valence-electron chi connectivity index (χ3n) is 3.90. The molecule has 8 heteroatoms. The molecule has 1 fully saturated rings. The number of piperidine rings is 1. The first kappa shape index (κ1) is 16.5. The molecule has 0 bridgehead atoms. The normalized spacial score (nSPS) is 17.8. The van der Waals surface area contributed by atoms with E-state index in [9.17, 15) is 10.1 Å². The van der Waals surface area contributed by atoms with Gasteiger partial charge in [-0.3, -0.25) is 14.4 Å². The molecule has 0 unspecified atom stereocenters. The molecule has 1 saturated heterocycles. The van der Waals surface area contributed by atoms with Gasteiger partial charge in [0.1, 0.15) is 22.5 Å². The number of hydrogen-bond donors (Lipinski definition) is 0. The average Bonchev–Trinajstić information content (AvgIpc) is 2.95. The molecule has 2 aromatic rings. The number of aryl methyl sites for hydroxylation is 3. The fourth-order valence-electron chi connectivity index (χ4n) is 2.76. The molecular weight excluding hydrogens is 324 g/mol. The summed E-state index contributed by atoms with van der Waals surface area (Å²) in [5, 5.41) is 14.0. The smallest absolute Gasteiger partial charge is 0.241 e. The van der Waals surface area contributed by atoms with Gasteiger partial charge >= 0.3 is 0 Å². The van der Waals surface area contributed by atoms with Crippen LogP contribution in [-0.4, -0.2) is 37.5 Å². The fraction of sp³-hybridized carbons (Fsp3) is 0.438. The van der Waals surface area contributed by atoms with Gasteiger partial charge in [-0.05, 0) is 26.7 Å². The van der Waals surface area contributed by atoms with Crippen LogP contribution in [0.15, 0.2) is 17.3 Å². The first-order chi connectivity index (χ1) is 11.5. The number of hydrogen-bond acceptors (Lipinski definition) is 6. The lowest BCUT2D eigenvalue weighted by molar-refractivity contribution is -0.119. The molecule has 1 aliphatic rings. The second kappa shape index (κ2) is 6.61. The van der Waals surface area contributed by atoms with Gasteiger partial charge in [-0.25, -0.2) is 9.97 Å². The van der Waals surface area contributed by atoms with E-state index in [-0.39, 0.29) is 11.2 Å². The van der Waals surface area contributed by atoms with E-state index in [1.807, 2.05) is 19.3 Å². The second-order valence-corrected chi connectivity index (χ2v) is 6.93. The molecule has 1 aliphatic heterocycles. The van der Waals surface area contributed by atoms with E-state index in [1.54, 1.807) is 23.4 Å². The van der Waals surface area contributed by atoms with Gasteiger partial charge < -0.3 is 0 Å². The summed E-state index contributed by atoms with van der Waals surface area (Å²) in [7, 11) is 1.83. The van der Waals surface area contributed by atoms with Gasteiger partial charge in [-0.1, -0.05) is 11.8 Å². The lowest BCUT2D eigenvalue weighted by Crippen LogP contribution is -2.43. The Morgan fingerprint density at radius 1 is 1.38 bits per heavy atom. The summed E-state index contributed by atoms with van der Waals surface area (Å²) < 4.78 is 1.68. The molecule has 2 aromatic heterocycles. The monoisotopic (exact) mass is 342 g/mol. The number of carbonyl (C=O) groups is 1. The van der Waals surface area contributed by atoms with Crippen LogP contribution in [-0.2, 0) is 11.8 Å². The van der Waals surface area contributed by atoms with Crippen molar-refractivity contribution in [3.05, 3.63) is 29.3 Å². The fourth-order valence-corrected chi connectivity index (χ4v) is 4.03. The highest BCUT2D eigenvalue weighted by atomic mass is 32.2. The molecule has 7 nitrogen and oxygen atoms in total. The Morgan fingerprint density at radius 2 is 2.17 bits per heavy atom. The molecule has 0 saturated carbocycles. The molecule has 124 valence electrons. The maximum Gasteiger partial charge on any atom is 0.241 e. The van der Waals surface area contributed by atoms with Gasteiger partial charge in [-0.15, -0.1) is 0 Å². The minimum atomic E-state index is -0.262. The maximum atomic E-state index is 12.8.